The van der Waals surface area contributed by atoms with Crippen molar-refractivity contribution in [2.45, 2.75) is 46.3 Å². The van der Waals surface area contributed by atoms with E-state index >= 15 is 0 Å². The monoisotopic (exact) mass is 219 g/mol. The summed E-state index contributed by atoms with van der Waals surface area (Å²) in [6, 6.07) is 4.89. The molecule has 0 spiro atoms. The molecule has 0 aromatic heterocycles. The normalized spacial score (nSPS) is 23.8. The molecular weight excluding hydrogens is 198 g/mol. The Balaban J connectivity index is 2.43. The third-order valence-electron chi connectivity index (χ3n) is 3.16. The number of aryl methyl sites for hydroxylation is 2. The molecule has 1 aliphatic heterocycles. The zero-order valence-electron chi connectivity index (χ0n) is 10.6. The van der Waals surface area contributed by atoms with E-state index in [4.69, 9.17) is 4.74 Å². The van der Waals surface area contributed by atoms with E-state index in [1.54, 1.807) is 0 Å². The smallest absolute Gasteiger partial charge is 0.127 e. The van der Waals surface area contributed by atoms with Crippen LogP contribution in [0.4, 0.5) is 0 Å². The van der Waals surface area contributed by atoms with Crippen LogP contribution in [0, 0.1) is 13.8 Å². The molecule has 0 radical (unpaired) electrons. The molecule has 1 aromatic rings. The minimum Gasteiger partial charge on any atom is -0.490 e. The Labute approximate surface area is 98.0 Å². The first-order chi connectivity index (χ1) is 7.61. The van der Waals surface area contributed by atoms with Gasteiger partial charge in [0.25, 0.3) is 0 Å². The standard InChI is InChI=1S/C14H21NO/c1-5-15-13-8-11(4)16-14-10(3)6-9(2)7-12(13)14/h6-7,11,13,15H,5,8H2,1-4H3. The minimum absolute atomic E-state index is 0.304. The van der Waals surface area contributed by atoms with Gasteiger partial charge in [0.1, 0.15) is 5.75 Å². The summed E-state index contributed by atoms with van der Waals surface area (Å²) < 4.78 is 5.95. The molecule has 0 bridgehead atoms. The Morgan fingerprint density at radius 3 is 2.81 bits per heavy atom. The minimum atomic E-state index is 0.304. The zero-order chi connectivity index (χ0) is 11.7. The van der Waals surface area contributed by atoms with Crippen molar-refractivity contribution < 1.29 is 4.74 Å². The third kappa shape index (κ3) is 2.07. The molecule has 0 aliphatic carbocycles. The Morgan fingerprint density at radius 2 is 2.12 bits per heavy atom. The van der Waals surface area contributed by atoms with Gasteiger partial charge in [-0.3, -0.25) is 0 Å². The van der Waals surface area contributed by atoms with Crippen LogP contribution in [0.2, 0.25) is 0 Å². The molecule has 1 aliphatic rings. The van der Waals surface area contributed by atoms with Crippen LogP contribution >= 0.6 is 0 Å². The highest BCUT2D eigenvalue weighted by molar-refractivity contribution is 5.46. The second-order valence-corrected chi connectivity index (χ2v) is 4.77. The average Bonchev–Trinajstić information content (AvgIpc) is 2.20. The predicted octanol–water partition coefficient (Wildman–Crippen LogP) is 3.13. The fourth-order valence-electron chi connectivity index (χ4n) is 2.55. The molecule has 88 valence electrons. The molecule has 0 fully saturated rings. The lowest BCUT2D eigenvalue weighted by Gasteiger charge is -2.32. The first-order valence-corrected chi connectivity index (χ1v) is 6.13. The average molecular weight is 219 g/mol. The van der Waals surface area contributed by atoms with Gasteiger partial charge in [-0.05, 0) is 32.9 Å². The Bertz CT molecular complexity index is 387. The second kappa shape index (κ2) is 4.46. The molecule has 1 N–H and O–H groups in total. The van der Waals surface area contributed by atoms with E-state index in [1.165, 1.54) is 16.7 Å². The second-order valence-electron chi connectivity index (χ2n) is 4.77. The van der Waals surface area contributed by atoms with Crippen LogP contribution in [0.15, 0.2) is 12.1 Å². The quantitative estimate of drug-likeness (QED) is 0.825. The van der Waals surface area contributed by atoms with E-state index < -0.39 is 0 Å². The van der Waals surface area contributed by atoms with Gasteiger partial charge in [0.2, 0.25) is 0 Å². The molecule has 1 aromatic carbocycles. The number of hydrogen-bond donors (Lipinski definition) is 1. The van der Waals surface area contributed by atoms with Crippen LogP contribution in [0.25, 0.3) is 0 Å². The lowest BCUT2D eigenvalue weighted by molar-refractivity contribution is 0.166. The number of fused-ring (bicyclic) bond motifs is 1. The van der Waals surface area contributed by atoms with Crippen molar-refractivity contribution in [3.63, 3.8) is 0 Å². The predicted molar refractivity (Wildman–Crippen MR) is 67.0 cm³/mol. The Kier molecular flexibility index (Phi) is 3.20. The third-order valence-corrected chi connectivity index (χ3v) is 3.16. The topological polar surface area (TPSA) is 21.3 Å². The van der Waals surface area contributed by atoms with E-state index in [1.807, 2.05) is 0 Å². The van der Waals surface area contributed by atoms with Gasteiger partial charge in [-0.25, -0.2) is 0 Å². The summed E-state index contributed by atoms with van der Waals surface area (Å²) in [7, 11) is 0. The van der Waals surface area contributed by atoms with Crippen molar-refractivity contribution in [1.82, 2.24) is 5.32 Å². The maximum absolute atomic E-state index is 5.95. The van der Waals surface area contributed by atoms with E-state index in [0.29, 0.717) is 12.1 Å². The summed E-state index contributed by atoms with van der Waals surface area (Å²) in [5.41, 5.74) is 3.90. The number of rotatable bonds is 2. The highest BCUT2D eigenvalue weighted by Gasteiger charge is 2.26. The zero-order valence-corrected chi connectivity index (χ0v) is 10.6. The van der Waals surface area contributed by atoms with Crippen molar-refractivity contribution in [2.24, 2.45) is 0 Å². The van der Waals surface area contributed by atoms with Crippen LogP contribution in [0.1, 0.15) is 43.0 Å². The summed E-state index contributed by atoms with van der Waals surface area (Å²) in [5, 5.41) is 3.55. The van der Waals surface area contributed by atoms with Gasteiger partial charge in [0.15, 0.2) is 0 Å². The maximum Gasteiger partial charge on any atom is 0.127 e. The van der Waals surface area contributed by atoms with Crippen molar-refractivity contribution in [2.75, 3.05) is 6.54 Å². The van der Waals surface area contributed by atoms with Gasteiger partial charge in [-0.1, -0.05) is 24.6 Å². The van der Waals surface area contributed by atoms with Crippen molar-refractivity contribution in [1.29, 1.82) is 0 Å². The lowest BCUT2D eigenvalue weighted by Crippen LogP contribution is -2.31. The number of benzene rings is 1. The van der Waals surface area contributed by atoms with Crippen molar-refractivity contribution in [3.05, 3.63) is 28.8 Å². The molecule has 16 heavy (non-hydrogen) atoms. The van der Waals surface area contributed by atoms with Gasteiger partial charge in [0.05, 0.1) is 6.10 Å². The SMILES string of the molecule is CCNC1CC(C)Oc2c(C)cc(C)cc21. The number of nitrogens with one attached hydrogen (secondary N) is 1. The van der Waals surface area contributed by atoms with Gasteiger partial charge < -0.3 is 10.1 Å². The van der Waals surface area contributed by atoms with Crippen LogP contribution < -0.4 is 10.1 Å². The fraction of sp³-hybridized carbons (Fsp3) is 0.571. The van der Waals surface area contributed by atoms with Gasteiger partial charge in [-0.15, -0.1) is 0 Å². The maximum atomic E-state index is 5.95. The lowest BCUT2D eigenvalue weighted by atomic mass is 9.93. The van der Waals surface area contributed by atoms with Gasteiger partial charge >= 0.3 is 0 Å². The van der Waals surface area contributed by atoms with Crippen LogP contribution in [-0.2, 0) is 0 Å². The highest BCUT2D eigenvalue weighted by atomic mass is 16.5. The molecule has 1 heterocycles. The molecule has 2 unspecified atom stereocenters. The van der Waals surface area contributed by atoms with Crippen LogP contribution in [0.3, 0.4) is 0 Å². The molecular formula is C14H21NO. The van der Waals surface area contributed by atoms with Gasteiger partial charge in [-0.2, -0.15) is 0 Å². The first-order valence-electron chi connectivity index (χ1n) is 6.13. The summed E-state index contributed by atoms with van der Waals surface area (Å²) in [6.07, 6.45) is 1.36. The van der Waals surface area contributed by atoms with Gasteiger partial charge in [0, 0.05) is 18.0 Å². The van der Waals surface area contributed by atoms with E-state index in [9.17, 15) is 0 Å². The molecule has 0 saturated heterocycles. The summed E-state index contributed by atoms with van der Waals surface area (Å²) in [5.74, 6) is 1.09. The van der Waals surface area contributed by atoms with Crippen molar-refractivity contribution in [3.8, 4) is 5.75 Å². The summed E-state index contributed by atoms with van der Waals surface area (Å²) in [4.78, 5) is 0. The van der Waals surface area contributed by atoms with E-state index in [0.717, 1.165) is 18.7 Å². The van der Waals surface area contributed by atoms with E-state index in [-0.39, 0.29) is 0 Å². The molecule has 0 amide bonds. The Hall–Kier alpha value is -1.02. The Morgan fingerprint density at radius 1 is 1.38 bits per heavy atom. The molecule has 0 saturated carbocycles. The summed E-state index contributed by atoms with van der Waals surface area (Å²) >= 11 is 0. The van der Waals surface area contributed by atoms with Crippen LogP contribution in [-0.4, -0.2) is 12.6 Å². The molecule has 2 heteroatoms. The molecule has 2 atom stereocenters. The number of hydrogen-bond acceptors (Lipinski definition) is 2. The number of ether oxygens (including phenoxy) is 1. The highest BCUT2D eigenvalue weighted by Crippen LogP contribution is 2.37. The van der Waals surface area contributed by atoms with E-state index in [2.05, 4.69) is 45.1 Å². The first kappa shape index (κ1) is 11.5. The fourth-order valence-corrected chi connectivity index (χ4v) is 2.55. The molecule has 2 rings (SSSR count). The largest absolute Gasteiger partial charge is 0.490 e. The summed E-state index contributed by atoms with van der Waals surface area (Å²) in [6.45, 7) is 9.58. The van der Waals surface area contributed by atoms with Crippen LogP contribution in [0.5, 0.6) is 5.75 Å². The molecule has 2 nitrogen and oxygen atoms in total. The van der Waals surface area contributed by atoms with Crippen molar-refractivity contribution >= 4 is 0 Å².